The Hall–Kier alpha value is -1.26. The summed E-state index contributed by atoms with van der Waals surface area (Å²) in [6.45, 7) is 7.17. The number of hydrogen-bond acceptors (Lipinski definition) is 2. The summed E-state index contributed by atoms with van der Waals surface area (Å²) in [5.74, 6) is 0.295. The molecule has 1 aliphatic heterocycles. The number of carbonyl (C=O) groups is 2. The number of nitrogens with one attached hydrogen (secondary N) is 1. The number of benzene rings is 1. The van der Waals surface area contributed by atoms with Gasteiger partial charge in [0.15, 0.2) is 0 Å². The molecule has 0 saturated carbocycles. The van der Waals surface area contributed by atoms with Gasteiger partial charge in [-0.25, -0.2) is 0 Å². The first-order valence-electron chi connectivity index (χ1n) is 8.26. The molecule has 1 aliphatic rings. The van der Waals surface area contributed by atoms with Crippen LogP contribution in [-0.2, 0) is 16.0 Å². The van der Waals surface area contributed by atoms with Gasteiger partial charge in [-0.1, -0.05) is 43.1 Å². The maximum Gasteiger partial charge on any atom is 0.245 e. The van der Waals surface area contributed by atoms with Gasteiger partial charge >= 0.3 is 0 Å². The summed E-state index contributed by atoms with van der Waals surface area (Å²) in [5.41, 5.74) is 0.163. The first-order valence-corrected chi connectivity index (χ1v) is 9.02. The zero-order valence-electron chi connectivity index (χ0n) is 14.4. The number of rotatable bonds is 6. The highest BCUT2D eigenvalue weighted by Gasteiger charge is 2.48. The van der Waals surface area contributed by atoms with Gasteiger partial charge in [0, 0.05) is 29.6 Å². The SMILES string of the molecule is CC(C)CNC(=O)C1(C)CCN1C(=O)CCc1ccc(Cl)cc1Cl. The molecule has 1 aromatic carbocycles. The summed E-state index contributed by atoms with van der Waals surface area (Å²) in [6, 6.07) is 5.28. The molecule has 0 aliphatic carbocycles. The van der Waals surface area contributed by atoms with E-state index < -0.39 is 5.54 Å². The van der Waals surface area contributed by atoms with E-state index in [1.165, 1.54) is 0 Å². The molecule has 1 aromatic rings. The predicted octanol–water partition coefficient (Wildman–Crippen LogP) is 3.69. The molecule has 24 heavy (non-hydrogen) atoms. The van der Waals surface area contributed by atoms with E-state index in [0.717, 1.165) is 5.56 Å². The largest absolute Gasteiger partial charge is 0.354 e. The van der Waals surface area contributed by atoms with E-state index in [-0.39, 0.29) is 11.8 Å². The summed E-state index contributed by atoms with van der Waals surface area (Å²) >= 11 is 12.0. The predicted molar refractivity (Wildman–Crippen MR) is 97.4 cm³/mol. The van der Waals surface area contributed by atoms with Gasteiger partial charge in [-0.2, -0.15) is 0 Å². The van der Waals surface area contributed by atoms with E-state index in [2.05, 4.69) is 5.32 Å². The molecule has 6 heteroatoms. The fourth-order valence-corrected chi connectivity index (χ4v) is 3.29. The number of amides is 2. The molecule has 0 spiro atoms. The van der Waals surface area contributed by atoms with Gasteiger partial charge in [-0.15, -0.1) is 0 Å². The highest BCUT2D eigenvalue weighted by Crippen LogP contribution is 2.32. The van der Waals surface area contributed by atoms with E-state index in [1.807, 2.05) is 26.8 Å². The number of aryl methyl sites for hydroxylation is 1. The fourth-order valence-electron chi connectivity index (χ4n) is 2.78. The normalized spacial score (nSPS) is 20.0. The van der Waals surface area contributed by atoms with E-state index in [9.17, 15) is 9.59 Å². The molecule has 0 bridgehead atoms. The fraction of sp³-hybridized carbons (Fsp3) is 0.556. The maximum atomic E-state index is 12.5. The van der Waals surface area contributed by atoms with Gasteiger partial charge in [0.25, 0.3) is 0 Å². The summed E-state index contributed by atoms with van der Waals surface area (Å²) in [6.07, 6.45) is 1.56. The first kappa shape index (κ1) is 19.1. The number of hydrogen-bond donors (Lipinski definition) is 1. The average Bonchev–Trinajstić information content (AvgIpc) is 2.49. The Bertz CT molecular complexity index is 633. The molecule has 0 radical (unpaired) electrons. The van der Waals surface area contributed by atoms with Gasteiger partial charge in [0.2, 0.25) is 11.8 Å². The average molecular weight is 371 g/mol. The van der Waals surface area contributed by atoms with Crippen molar-refractivity contribution in [3.63, 3.8) is 0 Å². The molecule has 0 aromatic heterocycles. The van der Waals surface area contributed by atoms with Crippen LogP contribution in [0.4, 0.5) is 0 Å². The Morgan fingerprint density at radius 1 is 1.33 bits per heavy atom. The van der Waals surface area contributed by atoms with Crippen molar-refractivity contribution in [1.82, 2.24) is 10.2 Å². The molecular weight excluding hydrogens is 347 g/mol. The van der Waals surface area contributed by atoms with Gasteiger partial charge in [0.05, 0.1) is 0 Å². The highest BCUT2D eigenvalue weighted by molar-refractivity contribution is 6.35. The molecule has 1 heterocycles. The van der Waals surface area contributed by atoms with Gasteiger partial charge in [0.1, 0.15) is 5.54 Å². The van der Waals surface area contributed by atoms with Crippen molar-refractivity contribution in [2.45, 2.75) is 45.6 Å². The summed E-state index contributed by atoms with van der Waals surface area (Å²) in [4.78, 5) is 26.6. The van der Waals surface area contributed by atoms with Crippen LogP contribution >= 0.6 is 23.2 Å². The van der Waals surface area contributed by atoms with E-state index in [1.54, 1.807) is 17.0 Å². The molecular formula is C18H24Cl2N2O2. The third-order valence-corrected chi connectivity index (χ3v) is 5.09. The smallest absolute Gasteiger partial charge is 0.245 e. The Morgan fingerprint density at radius 3 is 2.58 bits per heavy atom. The van der Waals surface area contributed by atoms with Crippen LogP contribution in [0, 0.1) is 5.92 Å². The monoisotopic (exact) mass is 370 g/mol. The lowest BCUT2D eigenvalue weighted by Gasteiger charge is -2.49. The molecule has 4 nitrogen and oxygen atoms in total. The summed E-state index contributed by atoms with van der Waals surface area (Å²) in [7, 11) is 0. The van der Waals surface area contributed by atoms with Crippen LogP contribution in [0.5, 0.6) is 0 Å². The third-order valence-electron chi connectivity index (χ3n) is 4.50. The number of likely N-dealkylation sites (tertiary alicyclic amines) is 1. The van der Waals surface area contributed by atoms with Crippen molar-refractivity contribution in [2.75, 3.05) is 13.1 Å². The molecule has 1 N–H and O–H groups in total. The standard InChI is InChI=1S/C18H24Cl2N2O2/c1-12(2)11-21-17(24)18(3)8-9-22(18)16(23)7-5-13-4-6-14(19)10-15(13)20/h4,6,10,12H,5,7-9,11H2,1-3H3,(H,21,24). The number of carbonyl (C=O) groups excluding carboxylic acids is 2. The molecule has 1 atom stereocenters. The van der Waals surface area contributed by atoms with Crippen molar-refractivity contribution in [2.24, 2.45) is 5.92 Å². The van der Waals surface area contributed by atoms with Crippen LogP contribution in [0.15, 0.2) is 18.2 Å². The van der Waals surface area contributed by atoms with Crippen LogP contribution in [0.25, 0.3) is 0 Å². The van der Waals surface area contributed by atoms with Crippen molar-refractivity contribution < 1.29 is 9.59 Å². The second kappa shape index (κ2) is 7.75. The minimum absolute atomic E-state index is 0.0190. The lowest BCUT2D eigenvalue weighted by Crippen LogP contribution is -2.67. The zero-order chi connectivity index (χ0) is 17.9. The maximum absolute atomic E-state index is 12.5. The van der Waals surface area contributed by atoms with E-state index in [0.29, 0.717) is 48.3 Å². The van der Waals surface area contributed by atoms with Crippen molar-refractivity contribution in [3.8, 4) is 0 Å². The van der Waals surface area contributed by atoms with E-state index in [4.69, 9.17) is 23.2 Å². The molecule has 132 valence electrons. The molecule has 2 rings (SSSR count). The van der Waals surface area contributed by atoms with Crippen LogP contribution < -0.4 is 5.32 Å². The Morgan fingerprint density at radius 2 is 2.04 bits per heavy atom. The summed E-state index contributed by atoms with van der Waals surface area (Å²) < 4.78 is 0. The topological polar surface area (TPSA) is 49.4 Å². The third kappa shape index (κ3) is 4.22. The molecule has 1 fully saturated rings. The van der Waals surface area contributed by atoms with Crippen LogP contribution in [0.1, 0.15) is 39.2 Å². The molecule has 1 saturated heterocycles. The second-order valence-electron chi connectivity index (χ2n) is 6.91. The quantitative estimate of drug-likeness (QED) is 0.829. The Labute approximate surface area is 153 Å². The Kier molecular flexibility index (Phi) is 6.16. The van der Waals surface area contributed by atoms with Crippen molar-refractivity contribution >= 4 is 35.0 Å². The summed E-state index contributed by atoms with van der Waals surface area (Å²) in [5, 5.41) is 4.07. The number of halogens is 2. The van der Waals surface area contributed by atoms with Crippen LogP contribution in [0.2, 0.25) is 10.0 Å². The number of nitrogens with zero attached hydrogens (tertiary/aromatic N) is 1. The van der Waals surface area contributed by atoms with Crippen molar-refractivity contribution in [1.29, 1.82) is 0 Å². The van der Waals surface area contributed by atoms with Gasteiger partial charge in [-0.05, 0) is 43.4 Å². The second-order valence-corrected chi connectivity index (χ2v) is 7.75. The van der Waals surface area contributed by atoms with E-state index >= 15 is 0 Å². The van der Waals surface area contributed by atoms with Gasteiger partial charge < -0.3 is 10.2 Å². The lowest BCUT2D eigenvalue weighted by atomic mass is 9.84. The lowest BCUT2D eigenvalue weighted by molar-refractivity contribution is -0.157. The van der Waals surface area contributed by atoms with Crippen molar-refractivity contribution in [3.05, 3.63) is 33.8 Å². The first-order chi connectivity index (χ1) is 11.2. The van der Waals surface area contributed by atoms with Crippen LogP contribution in [-0.4, -0.2) is 35.3 Å². The molecule has 1 unspecified atom stereocenters. The zero-order valence-corrected chi connectivity index (χ0v) is 15.9. The minimum atomic E-state index is -0.726. The molecule has 2 amide bonds. The Balaban J connectivity index is 1.93. The highest BCUT2D eigenvalue weighted by atomic mass is 35.5. The minimum Gasteiger partial charge on any atom is -0.354 e. The van der Waals surface area contributed by atoms with Gasteiger partial charge in [-0.3, -0.25) is 9.59 Å². The van der Waals surface area contributed by atoms with Crippen LogP contribution in [0.3, 0.4) is 0 Å².